The number of halogens is 1. The number of ether oxygens (including phenoxy) is 2. The molecule has 8 heteroatoms. The van der Waals surface area contributed by atoms with Crippen molar-refractivity contribution in [1.82, 2.24) is 0 Å². The van der Waals surface area contributed by atoms with Crippen LogP contribution in [0.3, 0.4) is 0 Å². The van der Waals surface area contributed by atoms with Crippen LogP contribution in [0.2, 0.25) is 4.34 Å². The van der Waals surface area contributed by atoms with E-state index in [1.807, 2.05) is 0 Å². The van der Waals surface area contributed by atoms with Gasteiger partial charge in [0.1, 0.15) is 4.21 Å². The number of rotatable bonds is 5. The summed E-state index contributed by atoms with van der Waals surface area (Å²) in [5.74, 6) is 0.993. The molecule has 0 fully saturated rings. The molecule has 0 atom stereocenters. The fourth-order valence-electron chi connectivity index (χ4n) is 1.73. The minimum Gasteiger partial charge on any atom is -0.493 e. The standard InChI is InChI=1S/C13H14ClNO4S2/c1-15(21(16,17)13-7-6-12(14)20-13)9-4-5-10(18-2)11(8-9)19-3/h4-8H,1-3H3. The van der Waals surface area contributed by atoms with Crippen molar-refractivity contribution in [2.45, 2.75) is 4.21 Å². The molecule has 0 spiro atoms. The average molecular weight is 348 g/mol. The molecule has 0 aliphatic heterocycles. The molecule has 1 heterocycles. The maximum Gasteiger partial charge on any atom is 0.273 e. The Morgan fingerprint density at radius 3 is 2.29 bits per heavy atom. The lowest BCUT2D eigenvalue weighted by Gasteiger charge is -2.19. The van der Waals surface area contributed by atoms with E-state index in [1.165, 1.54) is 31.6 Å². The molecule has 21 heavy (non-hydrogen) atoms. The summed E-state index contributed by atoms with van der Waals surface area (Å²) >= 11 is 6.82. The molecule has 0 saturated carbocycles. The van der Waals surface area contributed by atoms with Gasteiger partial charge in [0.05, 0.1) is 24.2 Å². The summed E-state index contributed by atoms with van der Waals surface area (Å²) in [5.41, 5.74) is 0.470. The first-order valence-corrected chi connectivity index (χ1v) is 8.50. The number of methoxy groups -OCH3 is 2. The number of hydrogen-bond acceptors (Lipinski definition) is 5. The number of sulfonamides is 1. The zero-order chi connectivity index (χ0) is 15.6. The van der Waals surface area contributed by atoms with Crippen LogP contribution < -0.4 is 13.8 Å². The van der Waals surface area contributed by atoms with Crippen LogP contribution in [-0.2, 0) is 10.0 Å². The lowest BCUT2D eigenvalue weighted by atomic mass is 10.3. The highest BCUT2D eigenvalue weighted by molar-refractivity contribution is 7.94. The average Bonchev–Trinajstić information content (AvgIpc) is 2.93. The van der Waals surface area contributed by atoms with Crippen molar-refractivity contribution in [3.05, 3.63) is 34.7 Å². The molecule has 0 saturated heterocycles. The third-order valence-corrected chi connectivity index (χ3v) is 6.38. The fourth-order valence-corrected chi connectivity index (χ4v) is 4.57. The van der Waals surface area contributed by atoms with Gasteiger partial charge in [0.2, 0.25) is 0 Å². The van der Waals surface area contributed by atoms with E-state index < -0.39 is 10.0 Å². The predicted octanol–water partition coefficient (Wildman–Crippen LogP) is 3.24. The van der Waals surface area contributed by atoms with Crippen LogP contribution in [0.25, 0.3) is 0 Å². The Morgan fingerprint density at radius 2 is 1.76 bits per heavy atom. The van der Waals surface area contributed by atoms with Crippen molar-refractivity contribution in [2.24, 2.45) is 0 Å². The molecular formula is C13H14ClNO4S2. The maximum atomic E-state index is 12.5. The summed E-state index contributed by atoms with van der Waals surface area (Å²) in [6.07, 6.45) is 0. The lowest BCUT2D eigenvalue weighted by molar-refractivity contribution is 0.355. The Bertz CT molecular complexity index is 742. The summed E-state index contributed by atoms with van der Waals surface area (Å²) in [7, 11) is 0.846. The monoisotopic (exact) mass is 347 g/mol. The predicted molar refractivity (Wildman–Crippen MR) is 84.5 cm³/mol. The van der Waals surface area contributed by atoms with Crippen LogP contribution in [0.1, 0.15) is 0 Å². The Balaban J connectivity index is 2.42. The first-order chi connectivity index (χ1) is 9.90. The van der Waals surface area contributed by atoms with Crippen molar-refractivity contribution >= 4 is 38.6 Å². The van der Waals surface area contributed by atoms with E-state index >= 15 is 0 Å². The molecule has 114 valence electrons. The molecule has 0 radical (unpaired) electrons. The second-order valence-electron chi connectivity index (χ2n) is 4.07. The van der Waals surface area contributed by atoms with E-state index in [0.29, 0.717) is 21.5 Å². The van der Waals surface area contributed by atoms with E-state index in [-0.39, 0.29) is 4.21 Å². The summed E-state index contributed by atoms with van der Waals surface area (Å²) in [6, 6.07) is 7.95. The number of benzene rings is 1. The lowest BCUT2D eigenvalue weighted by Crippen LogP contribution is -2.25. The Hall–Kier alpha value is -1.44. The van der Waals surface area contributed by atoms with Gasteiger partial charge in [0, 0.05) is 13.1 Å². The van der Waals surface area contributed by atoms with Crippen LogP contribution in [0, 0.1) is 0 Å². The topological polar surface area (TPSA) is 55.8 Å². The number of anilines is 1. The van der Waals surface area contributed by atoms with E-state index in [1.54, 1.807) is 24.3 Å². The van der Waals surface area contributed by atoms with E-state index in [0.717, 1.165) is 11.3 Å². The van der Waals surface area contributed by atoms with Gasteiger partial charge in [-0.05, 0) is 24.3 Å². The smallest absolute Gasteiger partial charge is 0.273 e. The van der Waals surface area contributed by atoms with Crippen molar-refractivity contribution in [3.8, 4) is 11.5 Å². The summed E-state index contributed by atoms with van der Waals surface area (Å²) in [5, 5.41) is 0. The van der Waals surface area contributed by atoms with Gasteiger partial charge in [-0.1, -0.05) is 11.6 Å². The van der Waals surface area contributed by atoms with Gasteiger partial charge in [-0.3, -0.25) is 4.31 Å². The number of nitrogens with zero attached hydrogens (tertiary/aromatic N) is 1. The van der Waals surface area contributed by atoms with Crippen LogP contribution in [0.4, 0.5) is 5.69 Å². The Morgan fingerprint density at radius 1 is 1.10 bits per heavy atom. The molecule has 0 unspecified atom stereocenters. The fraction of sp³-hybridized carbons (Fsp3) is 0.231. The van der Waals surface area contributed by atoms with Gasteiger partial charge in [-0.25, -0.2) is 8.42 Å². The highest BCUT2D eigenvalue weighted by Crippen LogP contribution is 2.34. The van der Waals surface area contributed by atoms with Crippen LogP contribution in [0.5, 0.6) is 11.5 Å². The van der Waals surface area contributed by atoms with Crippen LogP contribution in [0.15, 0.2) is 34.5 Å². The molecule has 5 nitrogen and oxygen atoms in total. The van der Waals surface area contributed by atoms with Gasteiger partial charge in [-0.2, -0.15) is 0 Å². The zero-order valence-electron chi connectivity index (χ0n) is 11.7. The molecule has 0 N–H and O–H groups in total. The molecule has 2 aromatic rings. The molecule has 1 aromatic carbocycles. The molecule has 0 aliphatic rings. The number of hydrogen-bond donors (Lipinski definition) is 0. The minimum atomic E-state index is -3.64. The molecular weight excluding hydrogens is 334 g/mol. The normalized spacial score (nSPS) is 11.2. The van der Waals surface area contributed by atoms with Gasteiger partial charge in [0.25, 0.3) is 10.0 Å². The van der Waals surface area contributed by atoms with Gasteiger partial charge in [0.15, 0.2) is 11.5 Å². The van der Waals surface area contributed by atoms with Crippen molar-refractivity contribution in [2.75, 3.05) is 25.6 Å². The zero-order valence-corrected chi connectivity index (χ0v) is 14.1. The van der Waals surface area contributed by atoms with Gasteiger partial charge >= 0.3 is 0 Å². The maximum absolute atomic E-state index is 12.5. The first-order valence-electron chi connectivity index (χ1n) is 5.86. The highest BCUT2D eigenvalue weighted by atomic mass is 35.5. The molecule has 1 aromatic heterocycles. The third kappa shape index (κ3) is 3.09. The van der Waals surface area contributed by atoms with Gasteiger partial charge < -0.3 is 9.47 Å². The van der Waals surface area contributed by atoms with Crippen LogP contribution in [-0.4, -0.2) is 29.7 Å². The van der Waals surface area contributed by atoms with E-state index in [2.05, 4.69) is 0 Å². The Kier molecular flexibility index (Phi) is 4.65. The first kappa shape index (κ1) is 15.9. The van der Waals surface area contributed by atoms with Crippen LogP contribution >= 0.6 is 22.9 Å². The molecule has 0 bridgehead atoms. The molecule has 2 rings (SSSR count). The van der Waals surface area contributed by atoms with E-state index in [9.17, 15) is 8.42 Å². The molecule has 0 aliphatic carbocycles. The summed E-state index contributed by atoms with van der Waals surface area (Å²) < 4.78 is 37.1. The van der Waals surface area contributed by atoms with Crippen molar-refractivity contribution in [1.29, 1.82) is 0 Å². The number of thiophene rings is 1. The highest BCUT2D eigenvalue weighted by Gasteiger charge is 2.24. The van der Waals surface area contributed by atoms with Crippen molar-refractivity contribution < 1.29 is 17.9 Å². The third-order valence-electron chi connectivity index (χ3n) is 2.89. The quantitative estimate of drug-likeness (QED) is 0.833. The molecule has 0 amide bonds. The second-order valence-corrected chi connectivity index (χ2v) is 7.98. The SMILES string of the molecule is COc1ccc(N(C)S(=O)(=O)c2ccc(Cl)s2)cc1OC. The van der Waals surface area contributed by atoms with Gasteiger partial charge in [-0.15, -0.1) is 11.3 Å². The summed E-state index contributed by atoms with van der Waals surface area (Å²) in [4.78, 5) is 0. The summed E-state index contributed by atoms with van der Waals surface area (Å²) in [6.45, 7) is 0. The Labute approximate surface area is 132 Å². The minimum absolute atomic E-state index is 0.185. The largest absolute Gasteiger partial charge is 0.493 e. The van der Waals surface area contributed by atoms with E-state index in [4.69, 9.17) is 21.1 Å². The second kappa shape index (κ2) is 6.13. The van der Waals surface area contributed by atoms with Crippen molar-refractivity contribution in [3.63, 3.8) is 0 Å².